The van der Waals surface area contributed by atoms with Gasteiger partial charge in [-0.15, -0.1) is 21.5 Å². The van der Waals surface area contributed by atoms with Gasteiger partial charge in [0.15, 0.2) is 5.78 Å². The molecule has 8 nitrogen and oxygen atoms in total. The lowest BCUT2D eigenvalue weighted by Gasteiger charge is -2.10. The van der Waals surface area contributed by atoms with Crippen LogP contribution in [-0.4, -0.2) is 45.2 Å². The minimum atomic E-state index is -0.586. The molecule has 2 aromatic carbocycles. The minimum absolute atomic E-state index is 0.0340. The topological polar surface area (TPSA) is 111 Å². The molecular formula is C27H22Br2N4O4S2. The zero-order chi connectivity index (χ0) is 28.1. The van der Waals surface area contributed by atoms with Crippen LogP contribution in [0.5, 0.6) is 0 Å². The summed E-state index contributed by atoms with van der Waals surface area (Å²) in [6, 6.07) is 15.4. The van der Waals surface area contributed by atoms with Crippen molar-refractivity contribution in [1.82, 2.24) is 15.2 Å². The predicted octanol–water partition coefficient (Wildman–Crippen LogP) is 7.21. The van der Waals surface area contributed by atoms with Gasteiger partial charge in [0, 0.05) is 20.1 Å². The van der Waals surface area contributed by atoms with Crippen molar-refractivity contribution in [3.63, 3.8) is 0 Å². The van der Waals surface area contributed by atoms with Crippen molar-refractivity contribution in [1.29, 1.82) is 0 Å². The molecule has 0 aliphatic rings. The highest BCUT2D eigenvalue weighted by Gasteiger charge is 2.25. The second kappa shape index (κ2) is 12.9. The predicted molar refractivity (Wildman–Crippen MR) is 160 cm³/mol. The number of anilines is 1. The highest BCUT2D eigenvalue weighted by Crippen LogP contribution is 2.35. The summed E-state index contributed by atoms with van der Waals surface area (Å²) in [5.41, 5.74) is 3.63. The molecule has 39 heavy (non-hydrogen) atoms. The molecule has 12 heteroatoms. The molecule has 0 fully saturated rings. The highest BCUT2D eigenvalue weighted by molar-refractivity contribution is 9.10. The van der Waals surface area contributed by atoms with Gasteiger partial charge in [-0.2, -0.15) is 0 Å². The molecule has 0 saturated carbocycles. The van der Waals surface area contributed by atoms with Crippen LogP contribution in [0, 0.1) is 6.92 Å². The monoisotopic (exact) mass is 688 g/mol. The lowest BCUT2D eigenvalue weighted by atomic mass is 10.0. The van der Waals surface area contributed by atoms with Crippen LogP contribution < -0.4 is 5.32 Å². The Hall–Kier alpha value is -2.93. The number of amides is 1. The standard InChI is InChI=1S/C27H22Br2N4O4S2/c1-4-37-26(36)21-14(2)24(15(3)34)39-25(21)30-20(35)13-38-27-31-22(16-5-9-18(28)10-6-16)23(32-33-27)17-7-11-19(29)12-8-17/h5-12H,4,13H2,1-3H3,(H,30,35). The third kappa shape index (κ3) is 6.99. The molecule has 2 aromatic heterocycles. The number of aromatic nitrogens is 3. The third-order valence-corrected chi connectivity index (χ3v) is 8.64. The van der Waals surface area contributed by atoms with Crippen LogP contribution >= 0.6 is 55.0 Å². The number of hydrogen-bond donors (Lipinski definition) is 1. The summed E-state index contributed by atoms with van der Waals surface area (Å²) in [6.07, 6.45) is 0. The molecule has 1 N–H and O–H groups in total. The van der Waals surface area contributed by atoms with Gasteiger partial charge >= 0.3 is 5.97 Å². The molecular weight excluding hydrogens is 668 g/mol. The number of nitrogens with zero attached hydrogens (tertiary/aromatic N) is 3. The number of ether oxygens (including phenoxy) is 1. The van der Waals surface area contributed by atoms with E-state index in [-0.39, 0.29) is 34.6 Å². The molecule has 0 aliphatic carbocycles. The van der Waals surface area contributed by atoms with Gasteiger partial charge < -0.3 is 10.1 Å². The van der Waals surface area contributed by atoms with E-state index in [0.717, 1.165) is 43.2 Å². The first-order chi connectivity index (χ1) is 18.7. The average molecular weight is 690 g/mol. The van der Waals surface area contributed by atoms with E-state index >= 15 is 0 Å². The fourth-order valence-electron chi connectivity index (χ4n) is 3.66. The number of carbonyl (C=O) groups excluding carboxylic acids is 3. The number of carbonyl (C=O) groups is 3. The van der Waals surface area contributed by atoms with E-state index < -0.39 is 5.97 Å². The van der Waals surface area contributed by atoms with Crippen molar-refractivity contribution >= 4 is 77.6 Å². The van der Waals surface area contributed by atoms with Crippen LogP contribution in [0.4, 0.5) is 5.00 Å². The molecule has 0 bridgehead atoms. The molecule has 0 spiro atoms. The van der Waals surface area contributed by atoms with Crippen LogP contribution in [0.3, 0.4) is 0 Å². The second-order valence-corrected chi connectivity index (χ2v) is 12.0. The van der Waals surface area contributed by atoms with Crippen molar-refractivity contribution in [2.75, 3.05) is 17.7 Å². The van der Waals surface area contributed by atoms with Crippen LogP contribution in [0.1, 0.15) is 39.4 Å². The van der Waals surface area contributed by atoms with Crippen molar-refractivity contribution in [3.8, 4) is 22.5 Å². The van der Waals surface area contributed by atoms with E-state index in [0.29, 0.717) is 27.0 Å². The molecule has 4 aromatic rings. The van der Waals surface area contributed by atoms with E-state index in [1.807, 2.05) is 48.5 Å². The van der Waals surface area contributed by atoms with Crippen molar-refractivity contribution in [3.05, 3.63) is 73.5 Å². The number of rotatable bonds is 9. The maximum Gasteiger partial charge on any atom is 0.341 e. The van der Waals surface area contributed by atoms with Gasteiger partial charge in [0.2, 0.25) is 11.1 Å². The number of thioether (sulfide) groups is 1. The summed E-state index contributed by atoms with van der Waals surface area (Å²) in [6.45, 7) is 4.95. The van der Waals surface area contributed by atoms with E-state index in [4.69, 9.17) is 9.72 Å². The van der Waals surface area contributed by atoms with Crippen molar-refractivity contribution < 1.29 is 19.1 Å². The SMILES string of the molecule is CCOC(=O)c1c(NC(=O)CSc2nnc(-c3ccc(Br)cc3)c(-c3ccc(Br)cc3)n2)sc(C(C)=O)c1C. The molecule has 0 saturated heterocycles. The Morgan fingerprint density at radius 3 is 2.10 bits per heavy atom. The Morgan fingerprint density at radius 2 is 1.54 bits per heavy atom. The molecule has 2 heterocycles. The minimum Gasteiger partial charge on any atom is -0.462 e. The van der Waals surface area contributed by atoms with Gasteiger partial charge in [0.05, 0.1) is 22.8 Å². The van der Waals surface area contributed by atoms with Crippen LogP contribution in [0.25, 0.3) is 22.5 Å². The molecule has 200 valence electrons. The van der Waals surface area contributed by atoms with E-state index in [2.05, 4.69) is 47.4 Å². The first-order valence-corrected chi connectivity index (χ1v) is 15.1. The Labute approximate surface area is 250 Å². The molecule has 1 amide bonds. The number of esters is 1. The summed E-state index contributed by atoms with van der Waals surface area (Å²) >= 11 is 9.08. The highest BCUT2D eigenvalue weighted by atomic mass is 79.9. The number of thiophene rings is 1. The van der Waals surface area contributed by atoms with Gasteiger partial charge in [-0.3, -0.25) is 9.59 Å². The Kier molecular flexibility index (Phi) is 9.65. The van der Waals surface area contributed by atoms with Crippen LogP contribution in [-0.2, 0) is 9.53 Å². The molecule has 0 radical (unpaired) electrons. The number of Topliss-reactive ketones (excluding diaryl/α,β-unsaturated/α-hetero) is 1. The van der Waals surface area contributed by atoms with Gasteiger partial charge in [-0.05, 0) is 50.6 Å². The number of nitrogens with one attached hydrogen (secondary N) is 1. The van der Waals surface area contributed by atoms with Gasteiger partial charge in [0.1, 0.15) is 16.4 Å². The Bertz CT molecular complexity index is 1540. The summed E-state index contributed by atoms with van der Waals surface area (Å²) in [7, 11) is 0. The number of benzene rings is 2. The lowest BCUT2D eigenvalue weighted by molar-refractivity contribution is -0.113. The fraction of sp³-hybridized carbons (Fsp3) is 0.185. The van der Waals surface area contributed by atoms with Crippen LogP contribution in [0.15, 0.2) is 62.6 Å². The Balaban J connectivity index is 1.58. The largest absolute Gasteiger partial charge is 0.462 e. The zero-order valence-corrected chi connectivity index (χ0v) is 25.9. The average Bonchev–Trinajstić information content (AvgIpc) is 3.24. The second-order valence-electron chi connectivity index (χ2n) is 8.18. The Morgan fingerprint density at radius 1 is 0.949 bits per heavy atom. The quantitative estimate of drug-likeness (QED) is 0.112. The summed E-state index contributed by atoms with van der Waals surface area (Å²) in [5.74, 6) is -1.19. The molecule has 0 unspecified atom stereocenters. The molecule has 0 atom stereocenters. The number of ketones is 1. The van der Waals surface area contributed by atoms with Crippen molar-refractivity contribution in [2.45, 2.75) is 25.9 Å². The number of halogens is 2. The van der Waals surface area contributed by atoms with Crippen LogP contribution in [0.2, 0.25) is 0 Å². The lowest BCUT2D eigenvalue weighted by Crippen LogP contribution is -2.16. The van der Waals surface area contributed by atoms with Gasteiger partial charge in [-0.25, -0.2) is 9.78 Å². The normalized spacial score (nSPS) is 10.8. The molecule has 0 aliphatic heterocycles. The van der Waals surface area contributed by atoms with Gasteiger partial charge in [0.25, 0.3) is 0 Å². The summed E-state index contributed by atoms with van der Waals surface area (Å²) in [4.78, 5) is 42.6. The first kappa shape index (κ1) is 29.1. The summed E-state index contributed by atoms with van der Waals surface area (Å²) in [5, 5.41) is 12.1. The maximum atomic E-state index is 12.9. The van der Waals surface area contributed by atoms with Gasteiger partial charge in [-0.1, -0.05) is 67.9 Å². The summed E-state index contributed by atoms with van der Waals surface area (Å²) < 4.78 is 7.01. The first-order valence-electron chi connectivity index (χ1n) is 11.7. The number of hydrogen-bond acceptors (Lipinski definition) is 9. The zero-order valence-electron chi connectivity index (χ0n) is 21.1. The van der Waals surface area contributed by atoms with E-state index in [9.17, 15) is 14.4 Å². The van der Waals surface area contributed by atoms with E-state index in [1.165, 1.54) is 6.92 Å². The van der Waals surface area contributed by atoms with Crippen molar-refractivity contribution in [2.24, 2.45) is 0 Å². The smallest absolute Gasteiger partial charge is 0.341 e. The van der Waals surface area contributed by atoms with E-state index in [1.54, 1.807) is 13.8 Å². The third-order valence-electron chi connectivity index (χ3n) is 5.43. The molecule has 4 rings (SSSR count). The maximum absolute atomic E-state index is 12.9. The fourth-order valence-corrected chi connectivity index (χ4v) is 5.88.